The molecular formula is C22H23F3N4O4. The van der Waals surface area contributed by atoms with E-state index in [9.17, 15) is 22.8 Å². The molecule has 2 aromatic heterocycles. The molecule has 0 fully saturated rings. The maximum Gasteiger partial charge on any atom is 0.415 e. The van der Waals surface area contributed by atoms with Crippen molar-refractivity contribution in [3.05, 3.63) is 64.6 Å². The predicted molar refractivity (Wildman–Crippen MR) is 113 cm³/mol. The van der Waals surface area contributed by atoms with E-state index in [2.05, 4.69) is 10.3 Å². The minimum atomic E-state index is -1.30. The average Bonchev–Trinajstić information content (AvgIpc) is 3.07. The number of carbonyl (C=O) groups excluding carboxylic acids is 2. The Morgan fingerprint density at radius 2 is 1.91 bits per heavy atom. The minimum absolute atomic E-state index is 0.0493. The Kier molecular flexibility index (Phi) is 6.92. The Balaban J connectivity index is 1.85. The maximum absolute atomic E-state index is 13.9. The number of aromatic nitrogens is 2. The number of alkyl halides is 1. The zero-order valence-corrected chi connectivity index (χ0v) is 18.2. The Morgan fingerprint density at radius 1 is 1.24 bits per heavy atom. The van der Waals surface area contributed by atoms with E-state index in [1.165, 1.54) is 24.3 Å². The molecule has 0 bridgehead atoms. The molecule has 0 aliphatic heterocycles. The van der Waals surface area contributed by atoms with Crippen LogP contribution in [0.4, 0.5) is 18.0 Å². The van der Waals surface area contributed by atoms with Gasteiger partial charge in [-0.3, -0.25) is 4.40 Å². The van der Waals surface area contributed by atoms with Crippen LogP contribution in [-0.2, 0) is 11.3 Å². The summed E-state index contributed by atoms with van der Waals surface area (Å²) >= 11 is 0. The predicted octanol–water partition coefficient (Wildman–Crippen LogP) is 3.36. The van der Waals surface area contributed by atoms with Gasteiger partial charge in [0.1, 0.15) is 24.9 Å². The van der Waals surface area contributed by atoms with Crippen molar-refractivity contribution in [1.29, 1.82) is 0 Å². The molecule has 3 aromatic rings. The minimum Gasteiger partial charge on any atom is -0.485 e. The summed E-state index contributed by atoms with van der Waals surface area (Å²) in [5.74, 6) is -2.34. The fourth-order valence-corrected chi connectivity index (χ4v) is 3.02. The summed E-state index contributed by atoms with van der Waals surface area (Å²) in [7, 11) is 0. The van der Waals surface area contributed by atoms with E-state index in [-0.39, 0.29) is 34.9 Å². The molecule has 0 saturated heterocycles. The van der Waals surface area contributed by atoms with Gasteiger partial charge in [-0.25, -0.2) is 27.7 Å². The van der Waals surface area contributed by atoms with E-state index in [1.807, 2.05) is 0 Å². The normalized spacial score (nSPS) is 12.9. The number of imidazole rings is 1. The molecule has 3 N–H and O–H groups in total. The Labute approximate surface area is 187 Å². The molecule has 1 aromatic carbocycles. The van der Waals surface area contributed by atoms with E-state index < -0.39 is 42.5 Å². The van der Waals surface area contributed by atoms with Gasteiger partial charge in [-0.05, 0) is 44.5 Å². The van der Waals surface area contributed by atoms with Crippen LogP contribution >= 0.6 is 0 Å². The molecule has 176 valence electrons. The maximum atomic E-state index is 13.9. The Hall–Kier alpha value is -3.60. The van der Waals surface area contributed by atoms with Crippen LogP contribution in [0.25, 0.3) is 5.65 Å². The third-order valence-electron chi connectivity index (χ3n) is 4.75. The Morgan fingerprint density at radius 3 is 2.55 bits per heavy atom. The van der Waals surface area contributed by atoms with Crippen molar-refractivity contribution in [2.75, 3.05) is 13.2 Å². The Bertz CT molecular complexity index is 1190. The second-order valence-corrected chi connectivity index (χ2v) is 7.93. The average molecular weight is 464 g/mol. The summed E-state index contributed by atoms with van der Waals surface area (Å²) in [6.07, 6.45) is 0.471. The number of carbonyl (C=O) groups is 2. The number of alkyl carbamates (subject to hydrolysis) is 1. The van der Waals surface area contributed by atoms with Crippen molar-refractivity contribution >= 4 is 17.7 Å². The molecule has 1 unspecified atom stereocenters. The lowest BCUT2D eigenvalue weighted by Crippen LogP contribution is -2.49. The molecule has 3 rings (SSSR count). The largest absolute Gasteiger partial charge is 0.485 e. The van der Waals surface area contributed by atoms with Crippen molar-refractivity contribution in [1.82, 2.24) is 14.7 Å². The quantitative estimate of drug-likeness (QED) is 0.410. The fourth-order valence-electron chi connectivity index (χ4n) is 3.02. The lowest BCUT2D eigenvalue weighted by Gasteiger charge is -2.20. The zero-order valence-electron chi connectivity index (χ0n) is 18.2. The molecular weight excluding hydrogens is 441 g/mol. The van der Waals surface area contributed by atoms with Gasteiger partial charge in [0, 0.05) is 12.7 Å². The highest BCUT2D eigenvalue weighted by Crippen LogP contribution is 2.26. The van der Waals surface area contributed by atoms with Crippen LogP contribution in [0.3, 0.4) is 0 Å². The van der Waals surface area contributed by atoms with Gasteiger partial charge in [0.2, 0.25) is 0 Å². The number of hydrogen-bond donors (Lipinski definition) is 2. The van der Waals surface area contributed by atoms with E-state index in [4.69, 9.17) is 15.2 Å². The molecule has 11 heteroatoms. The number of amides is 1. The van der Waals surface area contributed by atoms with Crippen LogP contribution in [0, 0.1) is 25.5 Å². The topological polar surface area (TPSA) is 108 Å². The number of hydrogen-bond acceptors (Lipinski definition) is 6. The fraction of sp³-hybridized carbons (Fsp3) is 0.318. The third kappa shape index (κ3) is 5.43. The van der Waals surface area contributed by atoms with Gasteiger partial charge in [-0.15, -0.1) is 0 Å². The number of esters is 1. The van der Waals surface area contributed by atoms with Gasteiger partial charge in [0.05, 0.1) is 16.8 Å². The molecule has 0 aliphatic rings. The number of fused-ring (bicyclic) bond motifs is 1. The molecule has 2 heterocycles. The smallest absolute Gasteiger partial charge is 0.415 e. The standard InChI is InChI=1S/C22H23F3N4O4/c1-12-7-17(32-9-14-15(24)5-4-6-16(14)25)19-28-13(2)18(29(19)8-12)20(30)33-21(31)27-11-22(3,26)10-23/h4-8H,9-11,26H2,1-3H3,(H,27,31). The number of aryl methyl sites for hydroxylation is 2. The third-order valence-corrected chi connectivity index (χ3v) is 4.75. The molecule has 0 aliphatic carbocycles. The van der Waals surface area contributed by atoms with E-state index in [0.29, 0.717) is 5.56 Å². The number of ether oxygens (including phenoxy) is 2. The van der Waals surface area contributed by atoms with Crippen LogP contribution in [0.2, 0.25) is 0 Å². The van der Waals surface area contributed by atoms with E-state index in [1.54, 1.807) is 19.2 Å². The van der Waals surface area contributed by atoms with Gasteiger partial charge in [-0.1, -0.05) is 6.07 Å². The van der Waals surface area contributed by atoms with Gasteiger partial charge >= 0.3 is 12.1 Å². The zero-order chi connectivity index (χ0) is 24.3. The number of rotatable bonds is 7. The van der Waals surface area contributed by atoms with Crippen LogP contribution in [0.5, 0.6) is 5.75 Å². The highest BCUT2D eigenvalue weighted by molar-refractivity contribution is 5.97. The molecule has 0 saturated carbocycles. The van der Waals surface area contributed by atoms with E-state index >= 15 is 0 Å². The number of nitrogens with two attached hydrogens (primary N) is 1. The van der Waals surface area contributed by atoms with Crippen LogP contribution < -0.4 is 15.8 Å². The van der Waals surface area contributed by atoms with Gasteiger partial charge in [0.15, 0.2) is 17.1 Å². The van der Waals surface area contributed by atoms with Crippen molar-refractivity contribution in [3.63, 3.8) is 0 Å². The van der Waals surface area contributed by atoms with Crippen LogP contribution in [0.1, 0.15) is 34.2 Å². The first kappa shape index (κ1) is 24.1. The van der Waals surface area contributed by atoms with Crippen molar-refractivity contribution in [2.24, 2.45) is 5.73 Å². The first-order chi connectivity index (χ1) is 15.5. The molecule has 1 atom stereocenters. The molecule has 33 heavy (non-hydrogen) atoms. The number of benzene rings is 1. The summed E-state index contributed by atoms with van der Waals surface area (Å²) in [5.41, 5.74) is 5.06. The monoisotopic (exact) mass is 464 g/mol. The van der Waals surface area contributed by atoms with Crippen molar-refractivity contribution in [2.45, 2.75) is 32.9 Å². The van der Waals surface area contributed by atoms with Crippen molar-refractivity contribution in [3.8, 4) is 5.75 Å². The summed E-state index contributed by atoms with van der Waals surface area (Å²) in [5, 5.41) is 2.23. The lowest BCUT2D eigenvalue weighted by molar-refractivity contribution is 0.0611. The lowest BCUT2D eigenvalue weighted by atomic mass is 10.1. The summed E-state index contributed by atoms with van der Waals surface area (Å²) in [6, 6.07) is 5.08. The SMILES string of the molecule is Cc1cc(OCc2c(F)cccc2F)c2nc(C)c(C(=O)OC(=O)NCC(C)(N)CF)n2c1. The molecule has 8 nitrogen and oxygen atoms in total. The molecule has 1 amide bonds. The second-order valence-electron chi connectivity index (χ2n) is 7.93. The number of halogens is 3. The van der Waals surface area contributed by atoms with Gasteiger partial charge in [-0.2, -0.15) is 0 Å². The first-order valence-corrected chi connectivity index (χ1v) is 9.92. The molecule has 0 spiro atoms. The molecule has 0 radical (unpaired) electrons. The van der Waals surface area contributed by atoms with Gasteiger partial charge < -0.3 is 20.5 Å². The number of nitrogens with one attached hydrogen (secondary N) is 1. The summed E-state index contributed by atoms with van der Waals surface area (Å²) < 4.78 is 52.4. The second kappa shape index (κ2) is 9.49. The van der Waals surface area contributed by atoms with Gasteiger partial charge in [0.25, 0.3) is 0 Å². The number of pyridine rings is 1. The summed E-state index contributed by atoms with van der Waals surface area (Å²) in [4.78, 5) is 28.9. The number of nitrogens with zero attached hydrogens (tertiary/aromatic N) is 2. The highest BCUT2D eigenvalue weighted by Gasteiger charge is 2.25. The van der Waals surface area contributed by atoms with Crippen LogP contribution in [0.15, 0.2) is 30.5 Å². The first-order valence-electron chi connectivity index (χ1n) is 9.92. The highest BCUT2D eigenvalue weighted by atomic mass is 19.1. The van der Waals surface area contributed by atoms with E-state index in [0.717, 1.165) is 12.1 Å². The van der Waals surface area contributed by atoms with Crippen molar-refractivity contribution < 1.29 is 32.2 Å². The summed E-state index contributed by atoms with van der Waals surface area (Å²) in [6.45, 7) is 3.10. The van der Waals surface area contributed by atoms with Crippen LogP contribution in [-0.4, -0.2) is 40.2 Å².